The summed E-state index contributed by atoms with van der Waals surface area (Å²) < 4.78 is 0. The van der Waals surface area contributed by atoms with Crippen molar-refractivity contribution in [3.63, 3.8) is 0 Å². The van der Waals surface area contributed by atoms with E-state index >= 15 is 0 Å². The lowest BCUT2D eigenvalue weighted by Gasteiger charge is -2.19. The number of amides is 1. The van der Waals surface area contributed by atoms with Crippen LogP contribution in [0.2, 0.25) is 0 Å². The topological polar surface area (TPSA) is 107 Å². The first-order valence-electron chi connectivity index (χ1n) is 7.90. The molecule has 1 saturated carbocycles. The van der Waals surface area contributed by atoms with Gasteiger partial charge in [-0.3, -0.25) is 4.79 Å². The Hall–Kier alpha value is -2.28. The number of carbonyl (C=O) groups excluding carboxylic acids is 1. The number of carbonyl (C=O) groups is 1. The van der Waals surface area contributed by atoms with Crippen molar-refractivity contribution in [3.05, 3.63) is 41.5 Å². The molecule has 7 heteroatoms. The van der Waals surface area contributed by atoms with E-state index in [2.05, 4.69) is 46.5 Å². The van der Waals surface area contributed by atoms with Crippen LogP contribution in [0.3, 0.4) is 0 Å². The number of nitrogens with one attached hydrogen (secondary N) is 1. The molecular weight excluding hydrogens is 322 g/mol. The molecule has 2 aromatic rings. The van der Waals surface area contributed by atoms with Crippen LogP contribution < -0.4 is 16.8 Å². The number of benzene rings is 1. The standard InChI is InChI=1S/C17H21N5OS/c1-10-2-4-11(5-3-10)16(12-6-7-12)22-15(23)9-24-17-20-13(18)8-14(19)21-17/h2-5,8,12,16H,6-7,9H2,1H3,(H,22,23)(H4,18,19,20,21)/t16-/m0/s1. The lowest BCUT2D eigenvalue weighted by atomic mass is 10.0. The number of hydrogen-bond acceptors (Lipinski definition) is 6. The minimum atomic E-state index is -0.0397. The lowest BCUT2D eigenvalue weighted by Crippen LogP contribution is -2.31. The van der Waals surface area contributed by atoms with Crippen LogP contribution in [0.25, 0.3) is 0 Å². The zero-order valence-corrected chi connectivity index (χ0v) is 14.3. The largest absolute Gasteiger partial charge is 0.383 e. The fourth-order valence-electron chi connectivity index (χ4n) is 2.55. The summed E-state index contributed by atoms with van der Waals surface area (Å²) in [4.78, 5) is 20.5. The van der Waals surface area contributed by atoms with Gasteiger partial charge >= 0.3 is 0 Å². The van der Waals surface area contributed by atoms with Gasteiger partial charge in [-0.15, -0.1) is 0 Å². The van der Waals surface area contributed by atoms with Crippen molar-refractivity contribution < 1.29 is 4.79 Å². The molecule has 1 amide bonds. The number of rotatable bonds is 6. The molecule has 24 heavy (non-hydrogen) atoms. The summed E-state index contributed by atoms with van der Waals surface area (Å²) in [5, 5.41) is 3.55. The number of aryl methyl sites for hydroxylation is 1. The number of nitrogen functional groups attached to an aromatic ring is 2. The fraction of sp³-hybridized carbons (Fsp3) is 0.353. The molecule has 1 aliphatic carbocycles. The minimum absolute atomic E-state index is 0.0397. The van der Waals surface area contributed by atoms with Crippen LogP contribution in [0.15, 0.2) is 35.5 Å². The Morgan fingerprint density at radius 1 is 1.25 bits per heavy atom. The third kappa shape index (κ3) is 4.38. The van der Waals surface area contributed by atoms with Crippen molar-refractivity contribution in [2.24, 2.45) is 5.92 Å². The highest BCUT2D eigenvalue weighted by Gasteiger charge is 2.33. The molecule has 5 N–H and O–H groups in total. The average molecular weight is 343 g/mol. The van der Waals surface area contributed by atoms with Gasteiger partial charge in [-0.2, -0.15) is 0 Å². The van der Waals surface area contributed by atoms with Crippen molar-refractivity contribution in [2.75, 3.05) is 17.2 Å². The number of aromatic nitrogens is 2. The molecule has 1 atom stereocenters. The molecule has 3 rings (SSSR count). The highest BCUT2D eigenvalue weighted by molar-refractivity contribution is 7.99. The summed E-state index contributed by atoms with van der Waals surface area (Å²) in [6.07, 6.45) is 2.31. The van der Waals surface area contributed by atoms with Crippen molar-refractivity contribution in [2.45, 2.75) is 31.0 Å². The van der Waals surface area contributed by atoms with Crippen molar-refractivity contribution >= 4 is 29.3 Å². The second-order valence-corrected chi connectivity index (χ2v) is 7.02. The van der Waals surface area contributed by atoms with Gasteiger partial charge in [0.2, 0.25) is 5.91 Å². The van der Waals surface area contributed by atoms with E-state index in [0.717, 1.165) is 18.4 Å². The fourth-order valence-corrected chi connectivity index (χ4v) is 3.23. The molecule has 0 aliphatic heterocycles. The number of nitrogens with two attached hydrogens (primary N) is 2. The summed E-state index contributed by atoms with van der Waals surface area (Å²) in [6, 6.07) is 9.90. The first-order chi connectivity index (χ1) is 11.5. The molecule has 0 unspecified atom stereocenters. The van der Waals surface area contributed by atoms with Gasteiger partial charge in [0.1, 0.15) is 11.6 Å². The second-order valence-electron chi connectivity index (χ2n) is 6.08. The third-order valence-electron chi connectivity index (χ3n) is 3.92. The summed E-state index contributed by atoms with van der Waals surface area (Å²) in [6.45, 7) is 2.06. The van der Waals surface area contributed by atoms with Crippen molar-refractivity contribution in [1.29, 1.82) is 0 Å². The van der Waals surface area contributed by atoms with Crippen LogP contribution in [-0.4, -0.2) is 21.6 Å². The predicted octanol–water partition coefficient (Wildman–Crippen LogP) is 2.31. The molecule has 0 bridgehead atoms. The van der Waals surface area contributed by atoms with Gasteiger partial charge in [-0.1, -0.05) is 41.6 Å². The summed E-state index contributed by atoms with van der Waals surface area (Å²) in [5.41, 5.74) is 13.6. The molecule has 1 aromatic carbocycles. The van der Waals surface area contributed by atoms with E-state index in [1.807, 2.05) is 0 Å². The molecule has 0 radical (unpaired) electrons. The van der Waals surface area contributed by atoms with E-state index < -0.39 is 0 Å². The van der Waals surface area contributed by atoms with E-state index in [-0.39, 0.29) is 17.7 Å². The quantitative estimate of drug-likeness (QED) is 0.549. The number of thioether (sulfide) groups is 1. The molecular formula is C17H21N5OS. The molecule has 1 heterocycles. The number of nitrogens with zero attached hydrogens (tertiary/aromatic N) is 2. The normalized spacial score (nSPS) is 15.0. The van der Waals surface area contributed by atoms with Crippen LogP contribution in [0, 0.1) is 12.8 Å². The van der Waals surface area contributed by atoms with Crippen LogP contribution in [0.5, 0.6) is 0 Å². The van der Waals surface area contributed by atoms with Crippen LogP contribution >= 0.6 is 11.8 Å². The van der Waals surface area contributed by atoms with Crippen LogP contribution in [0.1, 0.15) is 30.0 Å². The Kier molecular flexibility index (Phi) is 4.89. The average Bonchev–Trinajstić information content (AvgIpc) is 3.35. The summed E-state index contributed by atoms with van der Waals surface area (Å²) in [5.74, 6) is 1.34. The van der Waals surface area contributed by atoms with E-state index in [0.29, 0.717) is 22.7 Å². The Balaban J connectivity index is 1.60. The summed E-state index contributed by atoms with van der Waals surface area (Å²) >= 11 is 1.23. The maximum atomic E-state index is 12.3. The van der Waals surface area contributed by atoms with Gasteiger partial charge < -0.3 is 16.8 Å². The van der Waals surface area contributed by atoms with Gasteiger partial charge in [-0.05, 0) is 31.2 Å². The Labute approximate surface area is 145 Å². The zero-order chi connectivity index (χ0) is 17.1. The van der Waals surface area contributed by atoms with Gasteiger partial charge in [0, 0.05) is 6.07 Å². The monoisotopic (exact) mass is 343 g/mol. The first kappa shape index (κ1) is 16.6. The molecule has 126 valence electrons. The van der Waals surface area contributed by atoms with Crippen molar-refractivity contribution in [1.82, 2.24) is 15.3 Å². The second kappa shape index (κ2) is 7.09. The smallest absolute Gasteiger partial charge is 0.230 e. The van der Waals surface area contributed by atoms with Gasteiger partial charge in [0.15, 0.2) is 5.16 Å². The Bertz CT molecular complexity index is 710. The Morgan fingerprint density at radius 2 is 1.88 bits per heavy atom. The number of anilines is 2. The molecule has 1 aliphatic rings. The third-order valence-corrected chi connectivity index (χ3v) is 4.77. The molecule has 1 fully saturated rings. The molecule has 0 spiro atoms. The summed E-state index contributed by atoms with van der Waals surface area (Å²) in [7, 11) is 0. The molecule has 6 nitrogen and oxygen atoms in total. The number of hydrogen-bond donors (Lipinski definition) is 3. The zero-order valence-electron chi connectivity index (χ0n) is 13.5. The van der Waals surface area contributed by atoms with E-state index in [1.165, 1.54) is 23.4 Å². The molecule has 0 saturated heterocycles. The van der Waals surface area contributed by atoms with E-state index in [4.69, 9.17) is 11.5 Å². The van der Waals surface area contributed by atoms with Crippen LogP contribution in [0.4, 0.5) is 11.6 Å². The highest BCUT2D eigenvalue weighted by atomic mass is 32.2. The van der Waals surface area contributed by atoms with Gasteiger partial charge in [0.05, 0.1) is 11.8 Å². The van der Waals surface area contributed by atoms with Gasteiger partial charge in [-0.25, -0.2) is 9.97 Å². The predicted molar refractivity (Wildman–Crippen MR) is 96.4 cm³/mol. The van der Waals surface area contributed by atoms with E-state index in [1.54, 1.807) is 0 Å². The maximum absolute atomic E-state index is 12.3. The first-order valence-corrected chi connectivity index (χ1v) is 8.88. The van der Waals surface area contributed by atoms with Gasteiger partial charge in [0.25, 0.3) is 0 Å². The lowest BCUT2D eigenvalue weighted by molar-refractivity contribution is -0.119. The van der Waals surface area contributed by atoms with Crippen molar-refractivity contribution in [3.8, 4) is 0 Å². The Morgan fingerprint density at radius 3 is 2.46 bits per heavy atom. The SMILES string of the molecule is Cc1ccc([C@H](NC(=O)CSc2nc(N)cc(N)n2)C2CC2)cc1. The molecule has 1 aromatic heterocycles. The maximum Gasteiger partial charge on any atom is 0.230 e. The van der Waals surface area contributed by atoms with Crippen LogP contribution in [-0.2, 0) is 4.79 Å². The van der Waals surface area contributed by atoms with E-state index in [9.17, 15) is 4.79 Å². The minimum Gasteiger partial charge on any atom is -0.383 e. The highest BCUT2D eigenvalue weighted by Crippen LogP contribution is 2.41.